The topological polar surface area (TPSA) is 9.86 Å². The van der Waals surface area contributed by atoms with Gasteiger partial charge in [0.25, 0.3) is 0 Å². The van der Waals surface area contributed by atoms with Crippen LogP contribution in [0.4, 0.5) is 0 Å². The van der Waals surface area contributed by atoms with Gasteiger partial charge in [0.2, 0.25) is 0 Å². The molecule has 2 nitrogen and oxygen atoms in total. The van der Waals surface area contributed by atoms with Gasteiger partial charge in [-0.25, -0.2) is 0 Å². The monoisotopic (exact) mass is 436 g/mol. The van der Waals surface area contributed by atoms with E-state index < -0.39 is 0 Å². The van der Waals surface area contributed by atoms with Crippen molar-refractivity contribution in [2.24, 2.45) is 0 Å². The van der Waals surface area contributed by atoms with E-state index >= 15 is 0 Å². The molecule has 2 aromatic heterocycles. The van der Waals surface area contributed by atoms with E-state index in [0.29, 0.717) is 0 Å². The summed E-state index contributed by atoms with van der Waals surface area (Å²) in [5.41, 5.74) is 9.91. The summed E-state index contributed by atoms with van der Waals surface area (Å²) in [6, 6.07) is 39.7. The summed E-state index contributed by atoms with van der Waals surface area (Å²) in [6.45, 7) is 4.37. The van der Waals surface area contributed by atoms with E-state index in [1.54, 1.807) is 0 Å². The predicted octanol–water partition coefficient (Wildman–Crippen LogP) is 8.50. The second-order valence-corrected chi connectivity index (χ2v) is 9.24. The molecule has 5 aromatic carbocycles. The van der Waals surface area contributed by atoms with E-state index in [0.717, 1.165) is 0 Å². The first-order valence-electron chi connectivity index (χ1n) is 11.8. The summed E-state index contributed by atoms with van der Waals surface area (Å²) >= 11 is 0. The number of aryl methyl sites for hydroxylation is 2. The molecule has 0 saturated carbocycles. The molecule has 0 N–H and O–H groups in total. The van der Waals surface area contributed by atoms with Crippen LogP contribution in [0.2, 0.25) is 0 Å². The van der Waals surface area contributed by atoms with Gasteiger partial charge in [-0.05, 0) is 74.5 Å². The molecule has 7 aromatic rings. The van der Waals surface area contributed by atoms with Crippen LogP contribution in [0.15, 0.2) is 109 Å². The van der Waals surface area contributed by atoms with Crippen molar-refractivity contribution in [3.8, 4) is 11.4 Å². The van der Waals surface area contributed by atoms with Gasteiger partial charge < -0.3 is 9.13 Å². The number of para-hydroxylation sites is 2. The van der Waals surface area contributed by atoms with Crippen LogP contribution < -0.4 is 0 Å². The Morgan fingerprint density at radius 2 is 0.794 bits per heavy atom. The van der Waals surface area contributed by atoms with E-state index in [1.165, 1.54) is 66.1 Å². The van der Waals surface area contributed by atoms with Crippen LogP contribution in [-0.2, 0) is 0 Å². The molecule has 0 unspecified atom stereocenters. The first-order chi connectivity index (χ1) is 16.7. The highest BCUT2D eigenvalue weighted by Gasteiger charge is 2.20. The maximum absolute atomic E-state index is 2.41. The number of benzene rings is 5. The Kier molecular flexibility index (Phi) is 4.01. The van der Waals surface area contributed by atoms with Crippen molar-refractivity contribution in [2.45, 2.75) is 13.8 Å². The third-order valence-corrected chi connectivity index (χ3v) is 7.00. The highest BCUT2D eigenvalue weighted by atomic mass is 15.0. The van der Waals surface area contributed by atoms with Gasteiger partial charge in [-0.3, -0.25) is 0 Å². The molecule has 0 aliphatic rings. The minimum atomic E-state index is 1.19. The Hall–Kier alpha value is -4.30. The van der Waals surface area contributed by atoms with Crippen molar-refractivity contribution >= 4 is 43.6 Å². The minimum Gasteiger partial charge on any atom is -0.309 e. The lowest BCUT2D eigenvalue weighted by Gasteiger charge is -2.09. The van der Waals surface area contributed by atoms with Crippen molar-refractivity contribution in [2.75, 3.05) is 0 Å². The van der Waals surface area contributed by atoms with Gasteiger partial charge in [-0.15, -0.1) is 0 Å². The van der Waals surface area contributed by atoms with Crippen LogP contribution in [0.25, 0.3) is 55.0 Å². The fraction of sp³-hybridized carbons (Fsp3) is 0.0625. The second-order valence-electron chi connectivity index (χ2n) is 9.24. The SMILES string of the molecule is Cc1ccc2c(c1)c1c3c4cc(C)ccc4n(-c4ccccc4)c3ccc1n2-c1ccccc1. The summed E-state index contributed by atoms with van der Waals surface area (Å²) < 4.78 is 4.82. The van der Waals surface area contributed by atoms with Gasteiger partial charge in [0.1, 0.15) is 0 Å². The molecule has 0 spiro atoms. The van der Waals surface area contributed by atoms with E-state index in [4.69, 9.17) is 0 Å². The Labute approximate surface area is 198 Å². The fourth-order valence-electron chi connectivity index (χ4n) is 5.56. The molecule has 34 heavy (non-hydrogen) atoms. The van der Waals surface area contributed by atoms with E-state index in [2.05, 4.69) is 132 Å². The number of nitrogens with zero attached hydrogens (tertiary/aromatic N) is 2. The van der Waals surface area contributed by atoms with Crippen molar-refractivity contribution in [1.29, 1.82) is 0 Å². The van der Waals surface area contributed by atoms with E-state index in [9.17, 15) is 0 Å². The molecule has 0 fully saturated rings. The second kappa shape index (κ2) is 7.10. The van der Waals surface area contributed by atoms with Crippen molar-refractivity contribution < 1.29 is 0 Å². The molecule has 0 amide bonds. The first kappa shape index (κ1) is 19.2. The quantitative estimate of drug-likeness (QED) is 0.257. The minimum absolute atomic E-state index is 1.19. The van der Waals surface area contributed by atoms with Crippen LogP contribution >= 0.6 is 0 Å². The van der Waals surface area contributed by atoms with E-state index in [1.807, 2.05) is 0 Å². The summed E-state index contributed by atoms with van der Waals surface area (Å²) in [4.78, 5) is 0. The Balaban J connectivity index is 1.76. The lowest BCUT2D eigenvalue weighted by molar-refractivity contribution is 1.17. The normalized spacial score (nSPS) is 11.8. The maximum Gasteiger partial charge on any atom is 0.0548 e. The highest BCUT2D eigenvalue weighted by molar-refractivity contribution is 6.29. The standard InChI is InChI=1S/C32H24N2/c1-21-13-15-27-25(19-21)31-29(33(27)23-9-5-3-6-10-23)17-18-30-32(31)26-20-22(2)14-16-28(26)34(30)24-11-7-4-8-12-24/h3-20H,1-2H3. The van der Waals surface area contributed by atoms with Crippen LogP contribution in [-0.4, -0.2) is 9.13 Å². The van der Waals surface area contributed by atoms with Gasteiger partial charge in [0.05, 0.1) is 22.1 Å². The molecule has 7 rings (SSSR count). The largest absolute Gasteiger partial charge is 0.309 e. The Bertz CT molecular complexity index is 1710. The zero-order valence-corrected chi connectivity index (χ0v) is 19.3. The lowest BCUT2D eigenvalue weighted by Crippen LogP contribution is -1.94. The Morgan fingerprint density at radius 1 is 0.412 bits per heavy atom. The molecule has 0 radical (unpaired) electrons. The van der Waals surface area contributed by atoms with Gasteiger partial charge in [0.15, 0.2) is 0 Å². The molecular formula is C32H24N2. The van der Waals surface area contributed by atoms with Crippen LogP contribution in [0, 0.1) is 13.8 Å². The molecule has 2 heteroatoms. The average Bonchev–Trinajstić information content (AvgIpc) is 3.37. The number of hydrogen-bond acceptors (Lipinski definition) is 0. The molecule has 0 bridgehead atoms. The molecule has 0 saturated heterocycles. The van der Waals surface area contributed by atoms with Gasteiger partial charge in [0, 0.05) is 32.9 Å². The fourth-order valence-corrected chi connectivity index (χ4v) is 5.56. The summed E-state index contributed by atoms with van der Waals surface area (Å²) in [5, 5.41) is 5.26. The van der Waals surface area contributed by atoms with Gasteiger partial charge in [-0.1, -0.05) is 59.7 Å². The van der Waals surface area contributed by atoms with Crippen molar-refractivity contribution in [1.82, 2.24) is 9.13 Å². The molecular weight excluding hydrogens is 412 g/mol. The summed E-state index contributed by atoms with van der Waals surface area (Å²) in [6.07, 6.45) is 0. The zero-order chi connectivity index (χ0) is 22.8. The third kappa shape index (κ3) is 2.63. The molecule has 0 aliphatic heterocycles. The van der Waals surface area contributed by atoms with Crippen LogP contribution in [0.1, 0.15) is 11.1 Å². The smallest absolute Gasteiger partial charge is 0.0548 e. The number of fused-ring (bicyclic) bond motifs is 7. The highest BCUT2D eigenvalue weighted by Crippen LogP contribution is 2.42. The molecule has 0 aliphatic carbocycles. The van der Waals surface area contributed by atoms with Crippen molar-refractivity contribution in [3.63, 3.8) is 0 Å². The van der Waals surface area contributed by atoms with Crippen LogP contribution in [0.5, 0.6) is 0 Å². The predicted molar refractivity (Wildman–Crippen MR) is 145 cm³/mol. The van der Waals surface area contributed by atoms with Crippen LogP contribution in [0.3, 0.4) is 0 Å². The molecule has 0 atom stereocenters. The number of rotatable bonds is 2. The number of aromatic nitrogens is 2. The molecule has 162 valence electrons. The maximum atomic E-state index is 2.41. The Morgan fingerprint density at radius 3 is 1.21 bits per heavy atom. The van der Waals surface area contributed by atoms with Gasteiger partial charge in [-0.2, -0.15) is 0 Å². The van der Waals surface area contributed by atoms with Gasteiger partial charge >= 0.3 is 0 Å². The van der Waals surface area contributed by atoms with E-state index in [-0.39, 0.29) is 0 Å². The lowest BCUT2D eigenvalue weighted by atomic mass is 10.0. The zero-order valence-electron chi connectivity index (χ0n) is 19.3. The van der Waals surface area contributed by atoms with Crippen molar-refractivity contribution in [3.05, 3.63) is 120 Å². The third-order valence-electron chi connectivity index (χ3n) is 7.00. The molecule has 2 heterocycles. The summed E-state index contributed by atoms with van der Waals surface area (Å²) in [7, 11) is 0. The average molecular weight is 437 g/mol. The number of hydrogen-bond donors (Lipinski definition) is 0. The first-order valence-corrected chi connectivity index (χ1v) is 11.8. The summed E-state index contributed by atoms with van der Waals surface area (Å²) in [5.74, 6) is 0.